The molecule has 0 spiro atoms. The van der Waals surface area contributed by atoms with Gasteiger partial charge in [0.1, 0.15) is 5.00 Å². The van der Waals surface area contributed by atoms with E-state index in [1.165, 1.54) is 16.9 Å². The normalized spacial score (nSPS) is 13.4. The summed E-state index contributed by atoms with van der Waals surface area (Å²) in [4.78, 5) is 30.3. The van der Waals surface area contributed by atoms with Crippen LogP contribution >= 0.6 is 23.1 Å². The van der Waals surface area contributed by atoms with Gasteiger partial charge in [0.25, 0.3) is 5.91 Å². The summed E-state index contributed by atoms with van der Waals surface area (Å²) in [5, 5.41) is 3.56. The monoisotopic (exact) mass is 466 g/mol. The summed E-state index contributed by atoms with van der Waals surface area (Å²) < 4.78 is 5.33. The number of carbonyl (C=O) groups is 2. The molecule has 4 rings (SSSR count). The molecule has 0 bridgehead atoms. The molecule has 166 valence electrons. The molecule has 1 N–H and O–H groups in total. The molecule has 5 nitrogen and oxygen atoms in total. The van der Waals surface area contributed by atoms with Crippen LogP contribution in [0, 0.1) is 0 Å². The first-order valence-electron chi connectivity index (χ1n) is 10.6. The molecule has 32 heavy (non-hydrogen) atoms. The smallest absolute Gasteiger partial charge is 0.341 e. The van der Waals surface area contributed by atoms with Crippen LogP contribution in [0.5, 0.6) is 0 Å². The fourth-order valence-electron chi connectivity index (χ4n) is 3.86. The van der Waals surface area contributed by atoms with Gasteiger partial charge in [0.05, 0.1) is 12.2 Å². The maximum atomic E-state index is 12.9. The van der Waals surface area contributed by atoms with Crippen molar-refractivity contribution in [3.05, 3.63) is 81.7 Å². The largest absolute Gasteiger partial charge is 0.462 e. The number of fused-ring (bicyclic) bond motifs is 1. The Labute approximate surface area is 196 Å². The Balaban J connectivity index is 1.58. The standard InChI is InChI=1S/C25H26N2O3S2/c1-3-30-25(29)22-20-13-14-27(15-17-7-5-4-6-8-17)16-21(20)32-24(22)26-23(28)18-9-11-19(31-2)12-10-18/h4-12H,3,13-16H2,1-2H3,(H,26,28). The van der Waals surface area contributed by atoms with Gasteiger partial charge in [0, 0.05) is 35.0 Å². The Morgan fingerprint density at radius 2 is 1.88 bits per heavy atom. The van der Waals surface area contributed by atoms with Gasteiger partial charge in [-0.3, -0.25) is 9.69 Å². The molecule has 1 aliphatic rings. The first-order valence-corrected chi connectivity index (χ1v) is 12.7. The summed E-state index contributed by atoms with van der Waals surface area (Å²) in [6.07, 6.45) is 2.75. The van der Waals surface area contributed by atoms with E-state index in [0.29, 0.717) is 22.7 Å². The molecule has 0 aliphatic carbocycles. The zero-order chi connectivity index (χ0) is 22.5. The summed E-state index contributed by atoms with van der Waals surface area (Å²) in [7, 11) is 0. The molecule has 2 aromatic carbocycles. The van der Waals surface area contributed by atoms with Crippen LogP contribution in [0.2, 0.25) is 0 Å². The number of carbonyl (C=O) groups excluding carboxylic acids is 2. The number of nitrogens with zero attached hydrogens (tertiary/aromatic N) is 1. The van der Waals surface area contributed by atoms with Crippen molar-refractivity contribution in [2.24, 2.45) is 0 Å². The molecule has 0 fully saturated rings. The molecular weight excluding hydrogens is 440 g/mol. The predicted molar refractivity (Wildman–Crippen MR) is 131 cm³/mol. The lowest BCUT2D eigenvalue weighted by Crippen LogP contribution is -2.29. The van der Waals surface area contributed by atoms with Crippen molar-refractivity contribution in [2.75, 3.05) is 24.7 Å². The average Bonchev–Trinajstić information content (AvgIpc) is 3.17. The summed E-state index contributed by atoms with van der Waals surface area (Å²) >= 11 is 3.11. The number of esters is 1. The van der Waals surface area contributed by atoms with Crippen molar-refractivity contribution in [1.82, 2.24) is 4.90 Å². The van der Waals surface area contributed by atoms with Crippen molar-refractivity contribution in [2.45, 2.75) is 31.3 Å². The maximum absolute atomic E-state index is 12.9. The van der Waals surface area contributed by atoms with E-state index in [0.717, 1.165) is 41.4 Å². The van der Waals surface area contributed by atoms with E-state index in [4.69, 9.17) is 4.74 Å². The summed E-state index contributed by atoms with van der Waals surface area (Å²) in [6.45, 7) is 4.56. The Bertz CT molecular complexity index is 1090. The van der Waals surface area contributed by atoms with Gasteiger partial charge in [0.2, 0.25) is 0 Å². The second-order valence-electron chi connectivity index (χ2n) is 7.56. The van der Waals surface area contributed by atoms with Crippen LogP contribution in [0.1, 0.15) is 43.6 Å². The number of hydrogen-bond donors (Lipinski definition) is 1. The topological polar surface area (TPSA) is 58.6 Å². The van der Waals surface area contributed by atoms with Gasteiger partial charge in [0.15, 0.2) is 0 Å². The number of thioether (sulfide) groups is 1. The lowest BCUT2D eigenvalue weighted by atomic mass is 10.0. The van der Waals surface area contributed by atoms with E-state index in [2.05, 4.69) is 22.3 Å². The molecule has 1 amide bonds. The number of amides is 1. The Morgan fingerprint density at radius 1 is 1.12 bits per heavy atom. The fraction of sp³-hybridized carbons (Fsp3) is 0.280. The number of rotatable bonds is 7. The molecule has 0 atom stereocenters. The minimum atomic E-state index is -0.366. The summed E-state index contributed by atoms with van der Waals surface area (Å²) in [5.74, 6) is -0.586. The summed E-state index contributed by atoms with van der Waals surface area (Å²) in [5.41, 5.74) is 3.35. The highest BCUT2D eigenvalue weighted by Gasteiger charge is 2.29. The lowest BCUT2D eigenvalue weighted by molar-refractivity contribution is 0.0526. The number of thiophene rings is 1. The zero-order valence-electron chi connectivity index (χ0n) is 18.2. The quantitative estimate of drug-likeness (QED) is 0.370. The van der Waals surface area contributed by atoms with Crippen LogP contribution in [0.25, 0.3) is 0 Å². The molecule has 1 aromatic heterocycles. The minimum absolute atomic E-state index is 0.219. The zero-order valence-corrected chi connectivity index (χ0v) is 19.9. The predicted octanol–water partition coefficient (Wildman–Crippen LogP) is 5.46. The van der Waals surface area contributed by atoms with Crippen molar-refractivity contribution >= 4 is 40.0 Å². The molecule has 2 heterocycles. The van der Waals surface area contributed by atoms with Crippen LogP contribution in [0.15, 0.2) is 59.5 Å². The number of anilines is 1. The number of benzene rings is 2. The van der Waals surface area contributed by atoms with Gasteiger partial charge in [-0.05, 0) is 55.0 Å². The molecular formula is C25H26N2O3S2. The molecule has 0 unspecified atom stereocenters. The Hall–Kier alpha value is -2.61. The lowest BCUT2D eigenvalue weighted by Gasteiger charge is -2.27. The van der Waals surface area contributed by atoms with Crippen LogP contribution in [-0.2, 0) is 24.2 Å². The van der Waals surface area contributed by atoms with Crippen LogP contribution in [0.4, 0.5) is 5.00 Å². The molecule has 0 radical (unpaired) electrons. The van der Waals surface area contributed by atoms with Crippen molar-refractivity contribution < 1.29 is 14.3 Å². The molecule has 0 saturated heterocycles. The average molecular weight is 467 g/mol. The Morgan fingerprint density at radius 3 is 2.56 bits per heavy atom. The van der Waals surface area contributed by atoms with E-state index in [9.17, 15) is 9.59 Å². The van der Waals surface area contributed by atoms with Gasteiger partial charge in [-0.25, -0.2) is 4.79 Å². The highest BCUT2D eigenvalue weighted by atomic mass is 32.2. The summed E-state index contributed by atoms with van der Waals surface area (Å²) in [6, 6.07) is 17.8. The number of hydrogen-bond acceptors (Lipinski definition) is 6. The number of nitrogens with one attached hydrogen (secondary N) is 1. The third kappa shape index (κ3) is 5.06. The first-order chi connectivity index (χ1) is 15.6. The van der Waals surface area contributed by atoms with Gasteiger partial charge >= 0.3 is 5.97 Å². The van der Waals surface area contributed by atoms with Gasteiger partial charge in [-0.15, -0.1) is 23.1 Å². The minimum Gasteiger partial charge on any atom is -0.462 e. The number of ether oxygens (including phenoxy) is 1. The fourth-order valence-corrected chi connectivity index (χ4v) is 5.54. The first kappa shape index (κ1) is 22.6. The highest BCUT2D eigenvalue weighted by molar-refractivity contribution is 7.98. The van der Waals surface area contributed by atoms with E-state index in [-0.39, 0.29) is 11.9 Å². The van der Waals surface area contributed by atoms with Crippen molar-refractivity contribution in [3.63, 3.8) is 0 Å². The third-order valence-corrected chi connectivity index (χ3v) is 7.32. The second-order valence-corrected chi connectivity index (χ2v) is 9.54. The maximum Gasteiger partial charge on any atom is 0.341 e. The third-order valence-electron chi connectivity index (χ3n) is 5.44. The van der Waals surface area contributed by atoms with Crippen LogP contribution in [0.3, 0.4) is 0 Å². The molecule has 1 aliphatic heterocycles. The van der Waals surface area contributed by atoms with Crippen LogP contribution < -0.4 is 5.32 Å². The molecule has 0 saturated carbocycles. The SMILES string of the molecule is CCOC(=O)c1c(NC(=O)c2ccc(SC)cc2)sc2c1CCN(Cc1ccccc1)C2. The van der Waals surface area contributed by atoms with Crippen molar-refractivity contribution in [3.8, 4) is 0 Å². The molecule has 3 aromatic rings. The van der Waals surface area contributed by atoms with E-state index < -0.39 is 0 Å². The van der Waals surface area contributed by atoms with Gasteiger partial charge in [-0.2, -0.15) is 0 Å². The molecule has 7 heteroatoms. The van der Waals surface area contributed by atoms with Gasteiger partial charge in [-0.1, -0.05) is 30.3 Å². The highest BCUT2D eigenvalue weighted by Crippen LogP contribution is 2.38. The second kappa shape index (κ2) is 10.3. The Kier molecular flexibility index (Phi) is 7.29. The van der Waals surface area contributed by atoms with E-state index in [1.807, 2.05) is 36.6 Å². The van der Waals surface area contributed by atoms with Gasteiger partial charge < -0.3 is 10.1 Å². The van der Waals surface area contributed by atoms with E-state index >= 15 is 0 Å². The van der Waals surface area contributed by atoms with Crippen LogP contribution in [-0.4, -0.2) is 36.2 Å². The van der Waals surface area contributed by atoms with Crippen molar-refractivity contribution in [1.29, 1.82) is 0 Å². The van der Waals surface area contributed by atoms with E-state index in [1.54, 1.807) is 30.8 Å².